The summed E-state index contributed by atoms with van der Waals surface area (Å²) in [6, 6.07) is 0. The molecule has 0 aliphatic heterocycles. The van der Waals surface area contributed by atoms with Gasteiger partial charge in [0, 0.05) is 0 Å². The van der Waals surface area contributed by atoms with Gasteiger partial charge in [0.05, 0.1) is 5.88 Å². The average Bonchev–Trinajstić information content (AvgIpc) is 1.59. The van der Waals surface area contributed by atoms with Gasteiger partial charge in [-0.05, 0) is 31.9 Å². The van der Waals surface area contributed by atoms with E-state index in [0.29, 0.717) is 0 Å². The Morgan fingerprint density at radius 3 is 2.00 bits per heavy atom. The molecule has 0 aromatic rings. The van der Waals surface area contributed by atoms with Crippen LogP contribution in [-0.4, -0.2) is 30.9 Å². The number of nitrogens with zero attached hydrogens (tertiary/aromatic N) is 1. The quantitative estimate of drug-likeness (QED) is 0.509. The third kappa shape index (κ3) is 6.02. The maximum Gasteiger partial charge on any atom is 0.0682 e. The summed E-state index contributed by atoms with van der Waals surface area (Å²) in [6.07, 6.45) is 8.66. The fourth-order valence-corrected chi connectivity index (χ4v) is 0.894. The van der Waals surface area contributed by atoms with Crippen LogP contribution < -0.4 is 0 Å². The molecule has 0 saturated heterocycles. The molecule has 2 heteroatoms. The van der Waals surface area contributed by atoms with Gasteiger partial charge in [-0.25, -0.2) is 10.0 Å². The highest BCUT2D eigenvalue weighted by atomic mass is 32.3. The van der Waals surface area contributed by atoms with E-state index in [1.54, 1.807) is 0 Å². The Kier molecular flexibility index (Phi) is 3.13. The molecule has 8 heavy (non-hydrogen) atoms. The van der Waals surface area contributed by atoms with Crippen molar-refractivity contribution in [1.29, 1.82) is 0 Å². The third-order valence-electron chi connectivity index (χ3n) is 0.644. The Morgan fingerprint density at radius 2 is 1.88 bits per heavy atom. The Labute approximate surface area is 53.5 Å². The Balaban J connectivity index is 3.39. The molecule has 0 unspecified atom stereocenters. The molecule has 0 fully saturated rings. The molecule has 0 radical (unpaired) electrons. The van der Waals surface area contributed by atoms with Crippen molar-refractivity contribution in [3.8, 4) is 0 Å². The minimum absolute atomic E-state index is 0.384. The molecule has 0 heterocycles. The summed E-state index contributed by atoms with van der Waals surface area (Å²) >= 11 is 0. The lowest BCUT2D eigenvalue weighted by Gasteiger charge is -2.21. The molecule has 0 N–H and O–H groups in total. The second kappa shape index (κ2) is 3.13. The van der Waals surface area contributed by atoms with Gasteiger partial charge in [0.1, 0.15) is 0 Å². The topological polar surface area (TPSA) is 12.4 Å². The van der Waals surface area contributed by atoms with Crippen molar-refractivity contribution in [1.82, 2.24) is 0 Å². The van der Waals surface area contributed by atoms with Crippen LogP contribution in [-0.2, 0) is 0 Å². The van der Waals surface area contributed by atoms with Gasteiger partial charge in [-0.3, -0.25) is 4.99 Å². The first-order valence-corrected chi connectivity index (χ1v) is 5.69. The van der Waals surface area contributed by atoms with Gasteiger partial charge in [0.25, 0.3) is 0 Å². The Morgan fingerprint density at radius 1 is 1.38 bits per heavy atom. The molecule has 0 rings (SSSR count). The summed E-state index contributed by atoms with van der Waals surface area (Å²) in [5.41, 5.74) is 0. The van der Waals surface area contributed by atoms with E-state index in [1.165, 1.54) is 0 Å². The first-order chi connectivity index (χ1) is 3.56. The maximum absolute atomic E-state index is 4.16. The van der Waals surface area contributed by atoms with Crippen LogP contribution in [0.1, 0.15) is 6.92 Å². The zero-order valence-electron chi connectivity index (χ0n) is 6.14. The van der Waals surface area contributed by atoms with Crippen LogP contribution in [0.2, 0.25) is 0 Å². The van der Waals surface area contributed by atoms with Gasteiger partial charge in [-0.2, -0.15) is 0 Å². The highest BCUT2D eigenvalue weighted by molar-refractivity contribution is 8.32. The predicted octanol–water partition coefficient (Wildman–Crippen LogP) is 1.73. The second-order valence-corrected chi connectivity index (χ2v) is 7.10. The van der Waals surface area contributed by atoms with Crippen LogP contribution in [0.3, 0.4) is 0 Å². The highest BCUT2D eigenvalue weighted by Crippen LogP contribution is 2.33. The Bertz CT molecular complexity index is 81.0. The normalized spacial score (nSPS) is 15.0. The van der Waals surface area contributed by atoms with E-state index in [4.69, 9.17) is 0 Å². The molecule has 0 saturated carbocycles. The molecule has 0 aliphatic rings. The summed E-state index contributed by atoms with van der Waals surface area (Å²) < 4.78 is 0. The first-order valence-electron chi connectivity index (χ1n) is 2.67. The standard InChI is InChI=1S/C6H15NS/c1-5-7-6-8(2,3)4/h5H,6H2,1-4H3. The van der Waals surface area contributed by atoms with E-state index < -0.39 is 0 Å². The molecule has 0 spiro atoms. The molecular weight excluding hydrogens is 118 g/mol. The Hall–Kier alpha value is 0.0200. The third-order valence-corrected chi connectivity index (χ3v) is 1.57. The largest absolute Gasteiger partial charge is 0.289 e. The molecule has 0 atom stereocenters. The van der Waals surface area contributed by atoms with E-state index in [0.717, 1.165) is 5.88 Å². The average molecular weight is 133 g/mol. The highest BCUT2D eigenvalue weighted by Gasteiger charge is 1.98. The molecule has 0 aromatic carbocycles. The molecule has 0 aromatic heterocycles. The zero-order valence-corrected chi connectivity index (χ0v) is 6.96. The number of rotatable bonds is 2. The lowest BCUT2D eigenvalue weighted by atomic mass is 10.9. The van der Waals surface area contributed by atoms with Crippen LogP contribution >= 0.6 is 10.0 Å². The molecule has 1 nitrogen and oxygen atoms in total. The smallest absolute Gasteiger partial charge is 0.0682 e. The van der Waals surface area contributed by atoms with Crippen molar-refractivity contribution in [2.45, 2.75) is 6.92 Å². The SMILES string of the molecule is CC=NCS(C)(C)C. The molecular formula is C6H15NS. The van der Waals surface area contributed by atoms with Crippen molar-refractivity contribution >= 4 is 16.2 Å². The van der Waals surface area contributed by atoms with E-state index in [2.05, 4.69) is 23.8 Å². The summed E-state index contributed by atoms with van der Waals surface area (Å²) in [5, 5.41) is 0. The fourth-order valence-electron chi connectivity index (χ4n) is 0.298. The lowest BCUT2D eigenvalue weighted by molar-refractivity contribution is 1.37. The number of aliphatic imine (C=N–C) groups is 1. The van der Waals surface area contributed by atoms with E-state index in [1.807, 2.05) is 13.1 Å². The van der Waals surface area contributed by atoms with Gasteiger partial charge in [0.15, 0.2) is 0 Å². The van der Waals surface area contributed by atoms with Crippen molar-refractivity contribution in [3.05, 3.63) is 0 Å². The van der Waals surface area contributed by atoms with Crippen molar-refractivity contribution in [3.63, 3.8) is 0 Å². The van der Waals surface area contributed by atoms with E-state index in [9.17, 15) is 0 Å². The molecule has 0 amide bonds. The molecule has 0 bridgehead atoms. The van der Waals surface area contributed by atoms with Gasteiger partial charge in [-0.15, -0.1) is 0 Å². The van der Waals surface area contributed by atoms with E-state index in [-0.39, 0.29) is 10.0 Å². The van der Waals surface area contributed by atoms with Crippen LogP contribution in [0.4, 0.5) is 0 Å². The van der Waals surface area contributed by atoms with Gasteiger partial charge >= 0.3 is 0 Å². The number of hydrogen-bond acceptors (Lipinski definition) is 1. The fraction of sp³-hybridized carbons (Fsp3) is 0.833. The van der Waals surface area contributed by atoms with Crippen LogP contribution in [0, 0.1) is 0 Å². The zero-order chi connectivity index (χ0) is 6.62. The minimum Gasteiger partial charge on any atom is -0.289 e. The second-order valence-electron chi connectivity index (χ2n) is 2.66. The summed E-state index contributed by atoms with van der Waals surface area (Å²) in [4.78, 5) is 4.16. The monoisotopic (exact) mass is 133 g/mol. The van der Waals surface area contributed by atoms with Gasteiger partial charge in [-0.1, -0.05) is 0 Å². The summed E-state index contributed by atoms with van der Waals surface area (Å²) in [7, 11) is -0.384. The van der Waals surface area contributed by atoms with Crippen LogP contribution in [0.15, 0.2) is 4.99 Å². The summed E-state index contributed by atoms with van der Waals surface area (Å²) in [5.74, 6) is 1.02. The van der Waals surface area contributed by atoms with Gasteiger partial charge in [0.2, 0.25) is 0 Å². The van der Waals surface area contributed by atoms with Crippen LogP contribution in [0.25, 0.3) is 0 Å². The molecule has 0 aliphatic carbocycles. The number of hydrogen-bond donors (Lipinski definition) is 0. The van der Waals surface area contributed by atoms with Crippen molar-refractivity contribution < 1.29 is 0 Å². The van der Waals surface area contributed by atoms with Gasteiger partial charge < -0.3 is 0 Å². The predicted molar refractivity (Wildman–Crippen MR) is 44.4 cm³/mol. The lowest BCUT2D eigenvalue weighted by Crippen LogP contribution is -1.94. The maximum atomic E-state index is 4.16. The molecule has 50 valence electrons. The first kappa shape index (κ1) is 8.02. The van der Waals surface area contributed by atoms with E-state index >= 15 is 0 Å². The minimum atomic E-state index is -0.384. The van der Waals surface area contributed by atoms with Crippen LogP contribution in [0.5, 0.6) is 0 Å². The van der Waals surface area contributed by atoms with Crippen molar-refractivity contribution in [2.24, 2.45) is 4.99 Å². The van der Waals surface area contributed by atoms with Crippen molar-refractivity contribution in [2.75, 3.05) is 24.6 Å². The summed E-state index contributed by atoms with van der Waals surface area (Å²) in [6.45, 7) is 1.96.